The van der Waals surface area contributed by atoms with Gasteiger partial charge in [0.1, 0.15) is 18.5 Å². The smallest absolute Gasteiger partial charge is 0.260 e. The Labute approximate surface area is 151 Å². The van der Waals surface area contributed by atoms with Crippen molar-refractivity contribution in [3.8, 4) is 17.2 Å². The number of fused-ring (bicyclic) bond motifs is 1. The van der Waals surface area contributed by atoms with Crippen molar-refractivity contribution in [1.82, 2.24) is 5.32 Å². The van der Waals surface area contributed by atoms with Crippen LogP contribution in [-0.4, -0.2) is 31.3 Å². The molecule has 0 saturated carbocycles. The van der Waals surface area contributed by atoms with Gasteiger partial charge in [0.05, 0.1) is 6.54 Å². The number of amides is 1. The molecule has 0 bridgehead atoms. The molecule has 6 heteroatoms. The van der Waals surface area contributed by atoms with Crippen LogP contribution in [0, 0.1) is 6.92 Å². The molecule has 0 spiro atoms. The minimum Gasteiger partial charge on any atom is -0.486 e. The molecule has 5 nitrogen and oxygen atoms in total. The lowest BCUT2D eigenvalue weighted by atomic mass is 10.2. The SMILES string of the molecule is Cc1cc(O[C@H](C)C(=O)NC[C@H]2COc3ccccc3O2)ccc1Cl. The lowest BCUT2D eigenvalue weighted by molar-refractivity contribution is -0.127. The molecule has 1 aliphatic heterocycles. The predicted octanol–water partition coefficient (Wildman–Crippen LogP) is 3.37. The second-order valence-corrected chi connectivity index (χ2v) is 6.32. The van der Waals surface area contributed by atoms with Crippen LogP contribution < -0.4 is 19.5 Å². The highest BCUT2D eigenvalue weighted by Crippen LogP contribution is 2.30. The van der Waals surface area contributed by atoms with Crippen LogP contribution in [-0.2, 0) is 4.79 Å². The Bertz CT molecular complexity index is 765. The minimum atomic E-state index is -0.627. The minimum absolute atomic E-state index is 0.213. The van der Waals surface area contributed by atoms with Crippen LogP contribution in [0.25, 0.3) is 0 Å². The van der Waals surface area contributed by atoms with Gasteiger partial charge in [-0.1, -0.05) is 23.7 Å². The van der Waals surface area contributed by atoms with Crippen molar-refractivity contribution in [2.45, 2.75) is 26.1 Å². The summed E-state index contributed by atoms with van der Waals surface area (Å²) in [4.78, 5) is 12.2. The lowest BCUT2D eigenvalue weighted by Crippen LogP contribution is -2.44. The molecule has 1 heterocycles. The number of rotatable bonds is 5. The Morgan fingerprint density at radius 3 is 2.84 bits per heavy atom. The molecule has 3 rings (SSSR count). The van der Waals surface area contributed by atoms with E-state index in [0.29, 0.717) is 29.7 Å². The summed E-state index contributed by atoms with van der Waals surface area (Å²) in [5.41, 5.74) is 0.901. The van der Waals surface area contributed by atoms with E-state index in [-0.39, 0.29) is 12.0 Å². The van der Waals surface area contributed by atoms with Gasteiger partial charge in [-0.15, -0.1) is 0 Å². The summed E-state index contributed by atoms with van der Waals surface area (Å²) in [5, 5.41) is 3.50. The molecule has 2 aromatic rings. The predicted molar refractivity (Wildman–Crippen MR) is 95.6 cm³/mol. The molecule has 2 atom stereocenters. The topological polar surface area (TPSA) is 56.8 Å². The highest BCUT2D eigenvalue weighted by Gasteiger charge is 2.22. The van der Waals surface area contributed by atoms with E-state index in [1.165, 1.54) is 0 Å². The second kappa shape index (κ2) is 7.66. The van der Waals surface area contributed by atoms with Crippen molar-refractivity contribution in [2.24, 2.45) is 0 Å². The quantitative estimate of drug-likeness (QED) is 0.887. The van der Waals surface area contributed by atoms with E-state index >= 15 is 0 Å². The van der Waals surface area contributed by atoms with Crippen molar-refractivity contribution in [1.29, 1.82) is 0 Å². The van der Waals surface area contributed by atoms with Gasteiger partial charge in [-0.3, -0.25) is 4.79 Å². The average molecular weight is 362 g/mol. The lowest BCUT2D eigenvalue weighted by Gasteiger charge is -2.27. The molecule has 1 N–H and O–H groups in total. The zero-order valence-corrected chi connectivity index (χ0v) is 14.9. The molecule has 0 aliphatic carbocycles. The molecule has 0 saturated heterocycles. The highest BCUT2D eigenvalue weighted by atomic mass is 35.5. The summed E-state index contributed by atoms with van der Waals surface area (Å²) >= 11 is 5.99. The van der Waals surface area contributed by atoms with Gasteiger partial charge in [0.25, 0.3) is 5.91 Å². The third-order valence-corrected chi connectivity index (χ3v) is 4.31. The highest BCUT2D eigenvalue weighted by molar-refractivity contribution is 6.31. The maximum absolute atomic E-state index is 12.2. The zero-order valence-electron chi connectivity index (χ0n) is 14.1. The number of carbonyl (C=O) groups is 1. The summed E-state index contributed by atoms with van der Waals surface area (Å²) in [6.45, 7) is 4.33. The van der Waals surface area contributed by atoms with Crippen molar-refractivity contribution in [3.63, 3.8) is 0 Å². The number of aryl methyl sites for hydroxylation is 1. The van der Waals surface area contributed by atoms with E-state index < -0.39 is 6.10 Å². The Kier molecular flexibility index (Phi) is 5.34. The molecular weight excluding hydrogens is 342 g/mol. The van der Waals surface area contributed by atoms with Crippen LogP contribution in [0.1, 0.15) is 12.5 Å². The molecule has 0 unspecified atom stereocenters. The normalized spacial score (nSPS) is 16.8. The third-order valence-electron chi connectivity index (χ3n) is 3.88. The first-order valence-corrected chi connectivity index (χ1v) is 8.49. The molecule has 1 amide bonds. The number of ether oxygens (including phenoxy) is 3. The molecule has 132 valence electrons. The first-order chi connectivity index (χ1) is 12.0. The Morgan fingerprint density at radius 2 is 2.08 bits per heavy atom. The first-order valence-electron chi connectivity index (χ1n) is 8.12. The largest absolute Gasteiger partial charge is 0.486 e. The van der Waals surface area contributed by atoms with Gasteiger partial charge < -0.3 is 19.5 Å². The number of hydrogen-bond acceptors (Lipinski definition) is 4. The van der Waals surface area contributed by atoms with Gasteiger partial charge >= 0.3 is 0 Å². The number of benzene rings is 2. The number of nitrogens with one attached hydrogen (secondary N) is 1. The van der Waals surface area contributed by atoms with E-state index in [9.17, 15) is 4.79 Å². The summed E-state index contributed by atoms with van der Waals surface area (Å²) in [5.74, 6) is 1.81. The van der Waals surface area contributed by atoms with Crippen LogP contribution in [0.5, 0.6) is 17.2 Å². The molecule has 0 fully saturated rings. The van der Waals surface area contributed by atoms with Crippen LogP contribution in [0.2, 0.25) is 5.02 Å². The first kappa shape index (κ1) is 17.4. The van der Waals surface area contributed by atoms with Gasteiger partial charge in [-0.25, -0.2) is 0 Å². The second-order valence-electron chi connectivity index (χ2n) is 5.91. The van der Waals surface area contributed by atoms with Crippen LogP contribution >= 0.6 is 11.6 Å². The third kappa shape index (κ3) is 4.37. The van der Waals surface area contributed by atoms with Crippen molar-refractivity contribution in [2.75, 3.05) is 13.2 Å². The van der Waals surface area contributed by atoms with E-state index in [1.54, 1.807) is 25.1 Å². The molecule has 25 heavy (non-hydrogen) atoms. The monoisotopic (exact) mass is 361 g/mol. The fraction of sp³-hybridized carbons (Fsp3) is 0.316. The fourth-order valence-corrected chi connectivity index (χ4v) is 2.59. The number of para-hydroxylation sites is 2. The summed E-state index contributed by atoms with van der Waals surface area (Å²) in [7, 11) is 0. The van der Waals surface area contributed by atoms with E-state index in [4.69, 9.17) is 25.8 Å². The fourth-order valence-electron chi connectivity index (χ4n) is 2.47. The van der Waals surface area contributed by atoms with E-state index in [2.05, 4.69) is 5.32 Å². The van der Waals surface area contributed by atoms with Crippen LogP contribution in [0.3, 0.4) is 0 Å². The molecule has 0 aromatic heterocycles. The molecule has 2 aromatic carbocycles. The van der Waals surface area contributed by atoms with Crippen molar-refractivity contribution >= 4 is 17.5 Å². The van der Waals surface area contributed by atoms with Crippen LogP contribution in [0.15, 0.2) is 42.5 Å². The van der Waals surface area contributed by atoms with Crippen molar-refractivity contribution in [3.05, 3.63) is 53.1 Å². The van der Waals surface area contributed by atoms with E-state index in [1.807, 2.05) is 31.2 Å². The Morgan fingerprint density at radius 1 is 1.32 bits per heavy atom. The number of hydrogen-bond donors (Lipinski definition) is 1. The molecule has 1 aliphatic rings. The summed E-state index contributed by atoms with van der Waals surface area (Å²) < 4.78 is 17.1. The maximum Gasteiger partial charge on any atom is 0.260 e. The van der Waals surface area contributed by atoms with Gasteiger partial charge in [0, 0.05) is 5.02 Å². The standard InChI is InChI=1S/C19H20ClNO4/c1-12-9-14(7-8-16(12)20)24-13(2)19(22)21-10-15-11-23-17-5-3-4-6-18(17)25-15/h3-9,13,15H,10-11H2,1-2H3,(H,21,22)/t13-,15+/m1/s1. The van der Waals surface area contributed by atoms with Gasteiger partial charge in [0.2, 0.25) is 0 Å². The zero-order chi connectivity index (χ0) is 17.8. The Balaban J connectivity index is 1.50. The van der Waals surface area contributed by atoms with Crippen molar-refractivity contribution < 1.29 is 19.0 Å². The van der Waals surface area contributed by atoms with E-state index in [0.717, 1.165) is 11.3 Å². The molecular formula is C19H20ClNO4. The number of halogens is 1. The van der Waals surface area contributed by atoms with Gasteiger partial charge in [-0.2, -0.15) is 0 Å². The molecule has 0 radical (unpaired) electrons. The summed E-state index contributed by atoms with van der Waals surface area (Å²) in [6.07, 6.45) is -0.860. The maximum atomic E-state index is 12.2. The van der Waals surface area contributed by atoms with Gasteiger partial charge in [-0.05, 0) is 49.7 Å². The van der Waals surface area contributed by atoms with Gasteiger partial charge in [0.15, 0.2) is 17.6 Å². The average Bonchev–Trinajstić information content (AvgIpc) is 2.62. The summed E-state index contributed by atoms with van der Waals surface area (Å²) in [6, 6.07) is 12.8. The van der Waals surface area contributed by atoms with Crippen LogP contribution in [0.4, 0.5) is 0 Å². The Hall–Kier alpha value is -2.40. The number of carbonyl (C=O) groups excluding carboxylic acids is 1.